The number of benzene rings is 1. The lowest BCUT2D eigenvalue weighted by Crippen LogP contribution is -1.91. The minimum Gasteiger partial charge on any atom is -0.228 e. The average molecular weight is 439 g/mol. The Balaban J connectivity index is 2.26. The van der Waals surface area contributed by atoms with E-state index in [1.807, 2.05) is 12.1 Å². The second-order valence-corrected chi connectivity index (χ2v) is 8.28. The minimum absolute atomic E-state index is 0.400. The maximum Gasteiger partial charge on any atom is 0.163 e. The number of aromatic nitrogens is 2. The Morgan fingerprint density at radius 3 is 2.53 bits per heavy atom. The van der Waals surface area contributed by atoms with Crippen molar-refractivity contribution in [2.45, 2.75) is 0 Å². The molecule has 3 aromatic rings. The van der Waals surface area contributed by atoms with Crippen LogP contribution < -0.4 is 0 Å². The lowest BCUT2D eigenvalue weighted by atomic mass is 10.2. The van der Waals surface area contributed by atoms with Gasteiger partial charge in [-0.1, -0.05) is 23.2 Å². The molecule has 0 saturated heterocycles. The Morgan fingerprint density at radius 2 is 1.84 bits per heavy atom. The van der Waals surface area contributed by atoms with Crippen molar-refractivity contribution in [2.75, 3.05) is 0 Å². The van der Waals surface area contributed by atoms with Crippen LogP contribution in [0.1, 0.15) is 0 Å². The zero-order chi connectivity index (χ0) is 13.6. The smallest absolute Gasteiger partial charge is 0.163 e. The summed E-state index contributed by atoms with van der Waals surface area (Å²) in [5, 5.41) is 1.77. The molecule has 96 valence electrons. The van der Waals surface area contributed by atoms with E-state index in [1.165, 1.54) is 0 Å². The molecule has 0 spiro atoms. The number of nitrogens with zero attached hydrogens (tertiary/aromatic N) is 2. The van der Waals surface area contributed by atoms with Gasteiger partial charge in [0, 0.05) is 16.0 Å². The van der Waals surface area contributed by atoms with Crippen LogP contribution in [0.4, 0.5) is 0 Å². The molecule has 0 amide bonds. The lowest BCUT2D eigenvalue weighted by molar-refractivity contribution is 1.23. The van der Waals surface area contributed by atoms with Gasteiger partial charge in [-0.25, -0.2) is 9.97 Å². The highest BCUT2D eigenvalue weighted by Gasteiger charge is 2.13. The summed E-state index contributed by atoms with van der Waals surface area (Å²) in [5.74, 6) is 0.591. The van der Waals surface area contributed by atoms with Crippen molar-refractivity contribution in [3.05, 3.63) is 42.0 Å². The molecule has 1 aromatic carbocycles. The predicted octanol–water partition coefficient (Wildman–Crippen LogP) is 6.19. The first-order valence-corrected chi connectivity index (χ1v) is 8.28. The number of thiophene rings is 1. The van der Waals surface area contributed by atoms with Crippen LogP contribution >= 0.6 is 66.4 Å². The van der Waals surface area contributed by atoms with Gasteiger partial charge in [0.25, 0.3) is 0 Å². The monoisotopic (exact) mass is 436 g/mol. The van der Waals surface area contributed by atoms with Crippen LogP contribution in [0.15, 0.2) is 31.8 Å². The summed E-state index contributed by atoms with van der Waals surface area (Å²) in [7, 11) is 0. The fourth-order valence-corrected chi connectivity index (χ4v) is 4.87. The molecule has 0 saturated carbocycles. The van der Waals surface area contributed by atoms with E-state index in [1.54, 1.807) is 23.5 Å². The molecule has 0 N–H and O–H groups in total. The predicted molar refractivity (Wildman–Crippen MR) is 88.3 cm³/mol. The molecule has 0 aliphatic carbocycles. The second-order valence-electron chi connectivity index (χ2n) is 3.74. The molecule has 0 bridgehead atoms. The molecule has 2 heterocycles. The summed E-state index contributed by atoms with van der Waals surface area (Å²) in [6, 6.07) is 7.35. The standard InChI is InChI=1S/C12H4Br2Cl2N2S/c13-9-4-7(10(14)19-9)12-17-8-2-1-5(15)3-6(8)11(16)18-12/h1-4H. The fourth-order valence-electron chi connectivity index (χ4n) is 1.68. The van der Waals surface area contributed by atoms with Crippen LogP contribution in [-0.2, 0) is 0 Å². The van der Waals surface area contributed by atoms with E-state index >= 15 is 0 Å². The van der Waals surface area contributed by atoms with Crippen LogP contribution in [0.5, 0.6) is 0 Å². The van der Waals surface area contributed by atoms with Gasteiger partial charge >= 0.3 is 0 Å². The number of hydrogen-bond donors (Lipinski definition) is 0. The van der Waals surface area contributed by atoms with Crippen LogP contribution in [0.2, 0.25) is 10.2 Å². The number of halogens is 4. The van der Waals surface area contributed by atoms with Crippen LogP contribution in [-0.4, -0.2) is 9.97 Å². The topological polar surface area (TPSA) is 25.8 Å². The molecular formula is C12H4Br2Cl2N2S. The quantitative estimate of drug-likeness (QED) is 0.423. The van der Waals surface area contributed by atoms with Crippen molar-refractivity contribution in [1.82, 2.24) is 9.97 Å². The van der Waals surface area contributed by atoms with Crippen molar-refractivity contribution in [2.24, 2.45) is 0 Å². The molecule has 0 radical (unpaired) electrons. The van der Waals surface area contributed by atoms with E-state index in [0.29, 0.717) is 16.0 Å². The highest BCUT2D eigenvalue weighted by molar-refractivity contribution is 9.12. The molecule has 2 nitrogen and oxygen atoms in total. The zero-order valence-electron chi connectivity index (χ0n) is 9.12. The van der Waals surface area contributed by atoms with Gasteiger partial charge in [-0.15, -0.1) is 11.3 Å². The van der Waals surface area contributed by atoms with Gasteiger partial charge in [-0.3, -0.25) is 0 Å². The first kappa shape index (κ1) is 13.8. The molecule has 3 rings (SSSR count). The van der Waals surface area contributed by atoms with Gasteiger partial charge in [0.2, 0.25) is 0 Å². The molecule has 19 heavy (non-hydrogen) atoms. The molecular weight excluding hydrogens is 435 g/mol. The fraction of sp³-hybridized carbons (Fsp3) is 0. The van der Waals surface area contributed by atoms with Gasteiger partial charge in [-0.05, 0) is 56.1 Å². The average Bonchev–Trinajstić information content (AvgIpc) is 2.69. The first-order chi connectivity index (χ1) is 9.04. The Hall–Kier alpha value is -0.200. The van der Waals surface area contributed by atoms with E-state index in [0.717, 1.165) is 24.0 Å². The summed E-state index contributed by atoms with van der Waals surface area (Å²) >= 11 is 20.7. The van der Waals surface area contributed by atoms with Crippen molar-refractivity contribution < 1.29 is 0 Å². The largest absolute Gasteiger partial charge is 0.228 e. The SMILES string of the molecule is Clc1ccc2nc(-c3cc(Br)sc3Br)nc(Cl)c2c1. The summed E-state index contributed by atoms with van der Waals surface area (Å²) in [6.07, 6.45) is 0. The number of hydrogen-bond acceptors (Lipinski definition) is 3. The van der Waals surface area contributed by atoms with Crippen molar-refractivity contribution in [3.63, 3.8) is 0 Å². The molecule has 0 aliphatic rings. The molecule has 7 heteroatoms. The normalized spacial score (nSPS) is 11.2. The van der Waals surface area contributed by atoms with Crippen molar-refractivity contribution >= 4 is 77.3 Å². The van der Waals surface area contributed by atoms with E-state index in [4.69, 9.17) is 23.2 Å². The maximum absolute atomic E-state index is 6.21. The van der Waals surface area contributed by atoms with Crippen molar-refractivity contribution in [3.8, 4) is 11.4 Å². The van der Waals surface area contributed by atoms with E-state index in [9.17, 15) is 0 Å². The maximum atomic E-state index is 6.21. The van der Waals surface area contributed by atoms with E-state index < -0.39 is 0 Å². The zero-order valence-corrected chi connectivity index (χ0v) is 14.6. The second kappa shape index (κ2) is 5.30. The van der Waals surface area contributed by atoms with Crippen LogP contribution in [0.3, 0.4) is 0 Å². The first-order valence-electron chi connectivity index (χ1n) is 5.12. The van der Waals surface area contributed by atoms with Gasteiger partial charge in [0.1, 0.15) is 5.15 Å². The minimum atomic E-state index is 0.400. The molecule has 0 atom stereocenters. The summed E-state index contributed by atoms with van der Waals surface area (Å²) in [4.78, 5) is 8.86. The Kier molecular flexibility index (Phi) is 3.84. The Bertz CT molecular complexity index is 789. The van der Waals surface area contributed by atoms with E-state index in [-0.39, 0.29) is 0 Å². The van der Waals surface area contributed by atoms with Crippen molar-refractivity contribution in [1.29, 1.82) is 0 Å². The molecule has 0 unspecified atom stereocenters. The third kappa shape index (κ3) is 2.67. The summed E-state index contributed by atoms with van der Waals surface area (Å²) in [5.41, 5.74) is 1.68. The Morgan fingerprint density at radius 1 is 1.05 bits per heavy atom. The highest BCUT2D eigenvalue weighted by Crippen LogP contribution is 2.38. The lowest BCUT2D eigenvalue weighted by Gasteiger charge is -2.04. The molecule has 2 aromatic heterocycles. The third-order valence-corrected chi connectivity index (χ3v) is 5.37. The van der Waals surface area contributed by atoms with Crippen LogP contribution in [0.25, 0.3) is 22.3 Å². The highest BCUT2D eigenvalue weighted by atomic mass is 79.9. The Labute approximate surface area is 140 Å². The van der Waals surface area contributed by atoms with Gasteiger partial charge in [-0.2, -0.15) is 0 Å². The summed E-state index contributed by atoms with van der Waals surface area (Å²) < 4.78 is 1.97. The van der Waals surface area contributed by atoms with Gasteiger partial charge in [0.05, 0.1) is 13.1 Å². The summed E-state index contributed by atoms with van der Waals surface area (Å²) in [6.45, 7) is 0. The molecule has 0 fully saturated rings. The van der Waals surface area contributed by atoms with Gasteiger partial charge in [0.15, 0.2) is 5.82 Å². The van der Waals surface area contributed by atoms with Gasteiger partial charge < -0.3 is 0 Å². The van der Waals surface area contributed by atoms with E-state index in [2.05, 4.69) is 41.8 Å². The third-order valence-electron chi connectivity index (χ3n) is 2.51. The number of fused-ring (bicyclic) bond motifs is 1. The number of rotatable bonds is 1. The molecule has 0 aliphatic heterocycles. The van der Waals surface area contributed by atoms with Crippen LogP contribution in [0, 0.1) is 0 Å².